The Morgan fingerprint density at radius 1 is 1.29 bits per heavy atom. The van der Waals surface area contributed by atoms with Gasteiger partial charge in [-0.15, -0.1) is 0 Å². The minimum atomic E-state index is -0.136. The average molecular weight is 192 g/mol. The van der Waals surface area contributed by atoms with Crippen molar-refractivity contribution in [1.82, 2.24) is 0 Å². The molecule has 1 heteroatoms. The summed E-state index contributed by atoms with van der Waals surface area (Å²) in [5.41, 5.74) is 1.58. The lowest BCUT2D eigenvalue weighted by Crippen LogP contribution is -2.17. The number of hydrogen-bond acceptors (Lipinski definition) is 0. The van der Waals surface area contributed by atoms with Crippen LogP contribution < -0.4 is 0 Å². The molecule has 14 heavy (non-hydrogen) atoms. The molecule has 1 fully saturated rings. The Balaban J connectivity index is 2.26. The van der Waals surface area contributed by atoms with E-state index in [1.54, 1.807) is 12.1 Å². The molecule has 1 saturated carbocycles. The summed E-state index contributed by atoms with van der Waals surface area (Å²) < 4.78 is 12.8. The van der Waals surface area contributed by atoms with Crippen LogP contribution in [-0.4, -0.2) is 0 Å². The minimum absolute atomic E-state index is 0.136. The maximum Gasteiger partial charge on any atom is 0.123 e. The zero-order valence-corrected chi connectivity index (χ0v) is 8.89. The molecule has 0 radical (unpaired) electrons. The van der Waals surface area contributed by atoms with E-state index in [4.69, 9.17) is 0 Å². The molecule has 0 heterocycles. The van der Waals surface area contributed by atoms with Crippen molar-refractivity contribution in [2.45, 2.75) is 38.5 Å². The highest BCUT2D eigenvalue weighted by Gasteiger charge is 2.34. The van der Waals surface area contributed by atoms with E-state index in [9.17, 15) is 4.39 Å². The minimum Gasteiger partial charge on any atom is -0.207 e. The Morgan fingerprint density at radius 3 is 2.43 bits per heavy atom. The summed E-state index contributed by atoms with van der Waals surface area (Å²) in [6.45, 7) is 4.60. The van der Waals surface area contributed by atoms with Gasteiger partial charge in [-0.25, -0.2) is 4.39 Å². The lowest BCUT2D eigenvalue weighted by Gasteiger charge is -2.24. The molecule has 1 aromatic rings. The predicted octanol–water partition coefficient (Wildman–Crippen LogP) is 3.90. The molecule has 0 nitrogen and oxygen atoms in total. The van der Waals surface area contributed by atoms with Crippen molar-refractivity contribution < 1.29 is 4.39 Å². The quantitative estimate of drug-likeness (QED) is 0.633. The van der Waals surface area contributed by atoms with Gasteiger partial charge in [0, 0.05) is 0 Å². The van der Waals surface area contributed by atoms with Crippen molar-refractivity contribution in [3.63, 3.8) is 0 Å². The Labute approximate surface area is 85.1 Å². The molecular formula is C13H17F. The van der Waals surface area contributed by atoms with Crippen molar-refractivity contribution in [2.24, 2.45) is 5.92 Å². The lowest BCUT2D eigenvalue weighted by molar-refractivity contribution is 0.465. The van der Waals surface area contributed by atoms with E-state index in [2.05, 4.69) is 13.8 Å². The number of hydrogen-bond donors (Lipinski definition) is 0. The van der Waals surface area contributed by atoms with Gasteiger partial charge in [0.15, 0.2) is 0 Å². The van der Waals surface area contributed by atoms with Gasteiger partial charge < -0.3 is 0 Å². The van der Waals surface area contributed by atoms with Crippen LogP contribution >= 0.6 is 0 Å². The number of benzene rings is 1. The molecular weight excluding hydrogens is 175 g/mol. The monoisotopic (exact) mass is 192 g/mol. The fraction of sp³-hybridized carbons (Fsp3) is 0.538. The van der Waals surface area contributed by atoms with Gasteiger partial charge in [0.25, 0.3) is 0 Å². The van der Waals surface area contributed by atoms with Gasteiger partial charge in [-0.1, -0.05) is 26.0 Å². The second-order valence-electron chi connectivity index (χ2n) is 4.92. The van der Waals surface area contributed by atoms with Crippen LogP contribution in [0.1, 0.15) is 38.7 Å². The molecule has 0 bridgehead atoms. The summed E-state index contributed by atoms with van der Waals surface area (Å²) in [6.07, 6.45) is 3.77. The second-order valence-corrected chi connectivity index (χ2v) is 4.92. The van der Waals surface area contributed by atoms with Gasteiger partial charge in [-0.2, -0.15) is 0 Å². The molecule has 0 aromatic heterocycles. The smallest absolute Gasteiger partial charge is 0.123 e. The van der Waals surface area contributed by atoms with Crippen molar-refractivity contribution in [3.05, 3.63) is 35.6 Å². The fourth-order valence-corrected chi connectivity index (χ4v) is 2.65. The highest BCUT2D eigenvalue weighted by Crippen LogP contribution is 2.43. The average Bonchev–Trinajstić information content (AvgIpc) is 2.48. The fourth-order valence-electron chi connectivity index (χ4n) is 2.65. The van der Waals surface area contributed by atoms with E-state index >= 15 is 0 Å². The summed E-state index contributed by atoms with van der Waals surface area (Å²) in [7, 11) is 0. The third-order valence-corrected chi connectivity index (χ3v) is 3.53. The molecule has 0 spiro atoms. The molecule has 1 aromatic carbocycles. The van der Waals surface area contributed by atoms with Crippen LogP contribution in [0.25, 0.3) is 0 Å². The lowest BCUT2D eigenvalue weighted by atomic mass is 9.80. The van der Waals surface area contributed by atoms with Gasteiger partial charge in [-0.05, 0) is 48.3 Å². The maximum absolute atomic E-state index is 12.8. The molecule has 76 valence electrons. The summed E-state index contributed by atoms with van der Waals surface area (Å²) in [5, 5.41) is 0. The number of rotatable bonds is 1. The molecule has 0 N–H and O–H groups in total. The number of halogens is 1. The van der Waals surface area contributed by atoms with Crippen LogP contribution in [0, 0.1) is 11.7 Å². The van der Waals surface area contributed by atoms with E-state index in [1.165, 1.54) is 24.8 Å². The van der Waals surface area contributed by atoms with E-state index in [0.29, 0.717) is 0 Å². The molecule has 2 unspecified atom stereocenters. The van der Waals surface area contributed by atoms with Gasteiger partial charge in [0.1, 0.15) is 5.82 Å². The molecule has 0 saturated heterocycles. The Kier molecular flexibility index (Phi) is 2.34. The summed E-state index contributed by atoms with van der Waals surface area (Å²) in [4.78, 5) is 0. The Hall–Kier alpha value is -0.850. The van der Waals surface area contributed by atoms with Gasteiger partial charge in [0.05, 0.1) is 0 Å². The van der Waals surface area contributed by atoms with Crippen LogP contribution in [0.15, 0.2) is 24.3 Å². The Morgan fingerprint density at radius 2 is 1.93 bits per heavy atom. The SMILES string of the molecule is CC1CCC(C)(c2ccc(F)cc2)C1. The van der Waals surface area contributed by atoms with E-state index in [1.807, 2.05) is 12.1 Å². The first-order valence-electron chi connectivity index (χ1n) is 5.36. The highest BCUT2D eigenvalue weighted by atomic mass is 19.1. The van der Waals surface area contributed by atoms with E-state index < -0.39 is 0 Å². The van der Waals surface area contributed by atoms with Gasteiger partial charge in [0.2, 0.25) is 0 Å². The molecule has 0 amide bonds. The topological polar surface area (TPSA) is 0 Å². The van der Waals surface area contributed by atoms with Crippen LogP contribution in [0.5, 0.6) is 0 Å². The first-order valence-corrected chi connectivity index (χ1v) is 5.36. The van der Waals surface area contributed by atoms with Crippen molar-refractivity contribution in [3.8, 4) is 0 Å². The van der Waals surface area contributed by atoms with E-state index in [-0.39, 0.29) is 11.2 Å². The van der Waals surface area contributed by atoms with Crippen LogP contribution in [0.2, 0.25) is 0 Å². The van der Waals surface area contributed by atoms with Crippen LogP contribution in [0.4, 0.5) is 4.39 Å². The Bertz CT molecular complexity index is 315. The van der Waals surface area contributed by atoms with Crippen molar-refractivity contribution in [2.75, 3.05) is 0 Å². The summed E-state index contributed by atoms with van der Waals surface area (Å²) in [5.74, 6) is 0.674. The first-order chi connectivity index (χ1) is 6.60. The summed E-state index contributed by atoms with van der Waals surface area (Å²) >= 11 is 0. The van der Waals surface area contributed by atoms with Crippen molar-refractivity contribution in [1.29, 1.82) is 0 Å². The molecule has 1 aliphatic carbocycles. The van der Waals surface area contributed by atoms with Crippen molar-refractivity contribution >= 4 is 0 Å². The maximum atomic E-state index is 12.8. The zero-order valence-electron chi connectivity index (χ0n) is 8.89. The largest absolute Gasteiger partial charge is 0.207 e. The van der Waals surface area contributed by atoms with Gasteiger partial charge >= 0.3 is 0 Å². The third kappa shape index (κ3) is 1.68. The normalized spacial score (nSPS) is 32.1. The second kappa shape index (κ2) is 3.38. The first kappa shape index (κ1) is 9.70. The standard InChI is InChI=1S/C13H17F/c1-10-7-8-13(2,9-10)11-3-5-12(14)6-4-11/h3-6,10H,7-9H2,1-2H3. The summed E-state index contributed by atoms with van der Waals surface area (Å²) in [6, 6.07) is 7.02. The molecule has 0 aliphatic heterocycles. The third-order valence-electron chi connectivity index (χ3n) is 3.53. The molecule has 2 rings (SSSR count). The predicted molar refractivity (Wildman–Crippen MR) is 56.8 cm³/mol. The zero-order chi connectivity index (χ0) is 10.2. The molecule has 2 atom stereocenters. The highest BCUT2D eigenvalue weighted by molar-refractivity contribution is 5.26. The molecule has 1 aliphatic rings. The van der Waals surface area contributed by atoms with Crippen LogP contribution in [0.3, 0.4) is 0 Å². The van der Waals surface area contributed by atoms with Gasteiger partial charge in [-0.3, -0.25) is 0 Å². The van der Waals surface area contributed by atoms with Crippen LogP contribution in [-0.2, 0) is 5.41 Å². The van der Waals surface area contributed by atoms with E-state index in [0.717, 1.165) is 5.92 Å².